The Kier molecular flexibility index (Phi) is 1.38. The molecule has 2 aromatic heterocycles. The van der Waals surface area contributed by atoms with Crippen LogP contribution < -0.4 is 0 Å². The van der Waals surface area contributed by atoms with E-state index in [-0.39, 0.29) is 0 Å². The molecule has 66 valence electrons. The highest BCUT2D eigenvalue weighted by atomic mass is 35.5. The molecule has 0 bridgehead atoms. The van der Waals surface area contributed by atoms with E-state index < -0.39 is 0 Å². The summed E-state index contributed by atoms with van der Waals surface area (Å²) in [7, 11) is 0. The topological polar surface area (TPSA) is 30.2 Å². The number of nitrogens with zero attached hydrogens (tertiary/aromatic N) is 3. The van der Waals surface area contributed by atoms with E-state index in [2.05, 4.69) is 9.97 Å². The Balaban J connectivity index is 2.27. The summed E-state index contributed by atoms with van der Waals surface area (Å²) in [4.78, 5) is 8.54. The van der Waals surface area contributed by atoms with Crippen molar-refractivity contribution in [3.8, 4) is 0 Å². The lowest BCUT2D eigenvalue weighted by atomic mass is 10.3. The molecule has 3 nitrogen and oxygen atoms in total. The Morgan fingerprint density at radius 2 is 2.31 bits per heavy atom. The van der Waals surface area contributed by atoms with E-state index in [1.165, 1.54) is 12.8 Å². The average Bonchev–Trinajstić information content (AvgIpc) is 2.85. The second kappa shape index (κ2) is 2.45. The maximum Gasteiger partial charge on any atom is 0.235 e. The lowest BCUT2D eigenvalue weighted by Crippen LogP contribution is -1.94. The molecule has 0 saturated heterocycles. The summed E-state index contributed by atoms with van der Waals surface area (Å²) >= 11 is 6.06. The molecular formula is C9H8ClN3. The molecule has 0 spiro atoms. The molecular weight excluding hydrogens is 186 g/mol. The molecule has 2 aromatic rings. The highest BCUT2D eigenvalue weighted by molar-refractivity contribution is 6.29. The maximum atomic E-state index is 6.06. The molecule has 4 heteroatoms. The summed E-state index contributed by atoms with van der Waals surface area (Å²) in [6.45, 7) is 0. The van der Waals surface area contributed by atoms with Crippen molar-refractivity contribution in [1.82, 2.24) is 14.4 Å². The fourth-order valence-electron chi connectivity index (χ4n) is 1.47. The second-order valence-corrected chi connectivity index (χ2v) is 3.76. The van der Waals surface area contributed by atoms with Crippen molar-refractivity contribution < 1.29 is 0 Å². The number of fused-ring (bicyclic) bond motifs is 1. The summed E-state index contributed by atoms with van der Waals surface area (Å²) in [5.74, 6) is 1.33. The molecule has 0 N–H and O–H groups in total. The van der Waals surface area contributed by atoms with Gasteiger partial charge in [-0.25, -0.2) is 9.97 Å². The van der Waals surface area contributed by atoms with Gasteiger partial charge in [0.1, 0.15) is 5.15 Å². The van der Waals surface area contributed by atoms with Crippen LogP contribution in [0.3, 0.4) is 0 Å². The first-order valence-electron chi connectivity index (χ1n) is 4.34. The zero-order chi connectivity index (χ0) is 8.84. The summed E-state index contributed by atoms with van der Waals surface area (Å²) in [6, 6.07) is 1.94. The molecule has 1 aliphatic carbocycles. The van der Waals surface area contributed by atoms with E-state index in [1.54, 1.807) is 10.6 Å². The third-order valence-electron chi connectivity index (χ3n) is 2.34. The van der Waals surface area contributed by atoms with E-state index in [0.29, 0.717) is 16.8 Å². The Hall–Kier alpha value is -1.09. The van der Waals surface area contributed by atoms with Crippen molar-refractivity contribution in [1.29, 1.82) is 0 Å². The fourth-order valence-corrected chi connectivity index (χ4v) is 1.72. The fraction of sp³-hybridized carbons (Fsp3) is 0.333. The van der Waals surface area contributed by atoms with Crippen molar-refractivity contribution in [3.63, 3.8) is 0 Å². The predicted octanol–water partition coefficient (Wildman–Crippen LogP) is 2.26. The Morgan fingerprint density at radius 1 is 1.46 bits per heavy atom. The standard InChI is InChI=1S/C9H8ClN3/c10-8-5-7(6-1-2-6)12-9-11-3-4-13(8)9/h3-6H,1-2H2. The minimum absolute atomic E-state index is 0.624. The van der Waals surface area contributed by atoms with Gasteiger partial charge >= 0.3 is 0 Å². The van der Waals surface area contributed by atoms with Gasteiger partial charge in [-0.05, 0) is 18.9 Å². The van der Waals surface area contributed by atoms with Gasteiger partial charge in [-0.1, -0.05) is 11.6 Å². The molecule has 0 radical (unpaired) electrons. The zero-order valence-electron chi connectivity index (χ0n) is 6.94. The summed E-state index contributed by atoms with van der Waals surface area (Å²) in [6.07, 6.45) is 6.01. The van der Waals surface area contributed by atoms with Gasteiger partial charge in [-0.15, -0.1) is 0 Å². The SMILES string of the molecule is Clc1cc(C2CC2)nc2nccn12. The van der Waals surface area contributed by atoms with Crippen molar-refractivity contribution >= 4 is 17.4 Å². The Bertz CT molecular complexity index is 459. The van der Waals surface area contributed by atoms with E-state index in [0.717, 1.165) is 5.69 Å². The van der Waals surface area contributed by atoms with Crippen LogP contribution in [-0.2, 0) is 0 Å². The van der Waals surface area contributed by atoms with E-state index in [4.69, 9.17) is 11.6 Å². The van der Waals surface area contributed by atoms with Gasteiger partial charge < -0.3 is 0 Å². The van der Waals surface area contributed by atoms with Gasteiger partial charge in [0, 0.05) is 18.3 Å². The highest BCUT2D eigenvalue weighted by Gasteiger charge is 2.25. The van der Waals surface area contributed by atoms with Crippen molar-refractivity contribution in [2.75, 3.05) is 0 Å². The number of aromatic nitrogens is 3. The molecule has 0 unspecified atom stereocenters. The van der Waals surface area contributed by atoms with Crippen LogP contribution in [0.25, 0.3) is 5.78 Å². The minimum atomic E-state index is 0.624. The molecule has 1 saturated carbocycles. The van der Waals surface area contributed by atoms with Crippen molar-refractivity contribution in [2.45, 2.75) is 18.8 Å². The monoisotopic (exact) mass is 193 g/mol. The van der Waals surface area contributed by atoms with Crippen LogP contribution in [-0.4, -0.2) is 14.4 Å². The highest BCUT2D eigenvalue weighted by Crippen LogP contribution is 2.39. The first-order valence-corrected chi connectivity index (χ1v) is 4.72. The largest absolute Gasteiger partial charge is 0.274 e. The second-order valence-electron chi connectivity index (χ2n) is 3.38. The minimum Gasteiger partial charge on any atom is -0.274 e. The number of hydrogen-bond acceptors (Lipinski definition) is 2. The normalized spacial score (nSPS) is 16.7. The van der Waals surface area contributed by atoms with Gasteiger partial charge in [0.05, 0.1) is 5.69 Å². The van der Waals surface area contributed by atoms with Crippen LogP contribution in [0.15, 0.2) is 18.5 Å². The zero-order valence-corrected chi connectivity index (χ0v) is 7.70. The Morgan fingerprint density at radius 3 is 3.08 bits per heavy atom. The van der Waals surface area contributed by atoms with Gasteiger partial charge in [0.25, 0.3) is 0 Å². The number of halogens is 1. The van der Waals surface area contributed by atoms with E-state index >= 15 is 0 Å². The third-order valence-corrected chi connectivity index (χ3v) is 2.63. The molecule has 2 heterocycles. The van der Waals surface area contributed by atoms with Gasteiger partial charge in [0.2, 0.25) is 5.78 Å². The molecule has 1 aliphatic rings. The van der Waals surface area contributed by atoms with E-state index in [1.807, 2.05) is 12.3 Å². The summed E-state index contributed by atoms with van der Waals surface area (Å²) in [5.41, 5.74) is 1.09. The number of imidazole rings is 1. The Labute approximate surface area is 80.4 Å². The number of rotatable bonds is 1. The molecule has 0 atom stereocenters. The van der Waals surface area contributed by atoms with Gasteiger partial charge in [-0.2, -0.15) is 0 Å². The number of hydrogen-bond donors (Lipinski definition) is 0. The summed E-state index contributed by atoms with van der Waals surface area (Å²) < 4.78 is 1.79. The first kappa shape index (κ1) is 7.33. The smallest absolute Gasteiger partial charge is 0.235 e. The molecule has 1 fully saturated rings. The maximum absolute atomic E-state index is 6.06. The van der Waals surface area contributed by atoms with Crippen LogP contribution >= 0.6 is 11.6 Å². The predicted molar refractivity (Wildman–Crippen MR) is 50.0 cm³/mol. The molecule has 0 aliphatic heterocycles. The van der Waals surface area contributed by atoms with E-state index in [9.17, 15) is 0 Å². The lowest BCUT2D eigenvalue weighted by molar-refractivity contribution is 0.983. The van der Waals surface area contributed by atoms with Gasteiger partial charge in [0.15, 0.2) is 0 Å². The van der Waals surface area contributed by atoms with Crippen molar-refractivity contribution in [3.05, 3.63) is 29.3 Å². The quantitative estimate of drug-likeness (QED) is 0.651. The average molecular weight is 194 g/mol. The van der Waals surface area contributed by atoms with Gasteiger partial charge in [-0.3, -0.25) is 4.40 Å². The van der Waals surface area contributed by atoms with Crippen LogP contribution in [0.5, 0.6) is 0 Å². The van der Waals surface area contributed by atoms with Crippen LogP contribution in [0.1, 0.15) is 24.5 Å². The summed E-state index contributed by atoms with van der Waals surface area (Å²) in [5, 5.41) is 0.699. The molecule has 0 aromatic carbocycles. The van der Waals surface area contributed by atoms with Crippen LogP contribution in [0.4, 0.5) is 0 Å². The van der Waals surface area contributed by atoms with Crippen LogP contribution in [0.2, 0.25) is 5.15 Å². The third kappa shape index (κ3) is 1.11. The van der Waals surface area contributed by atoms with Crippen molar-refractivity contribution in [2.24, 2.45) is 0 Å². The lowest BCUT2D eigenvalue weighted by Gasteiger charge is -2.00. The molecule has 3 rings (SSSR count). The molecule has 0 amide bonds. The first-order chi connectivity index (χ1) is 6.34. The molecule has 13 heavy (non-hydrogen) atoms. The van der Waals surface area contributed by atoms with Crippen LogP contribution in [0, 0.1) is 0 Å².